The van der Waals surface area contributed by atoms with Crippen molar-refractivity contribution in [2.45, 2.75) is 10.9 Å². The molecule has 1 unspecified atom stereocenters. The number of nitrogens with one attached hydrogen (secondary N) is 1. The van der Waals surface area contributed by atoms with E-state index in [4.69, 9.17) is 15.6 Å². The molecular formula is C18H17N5O3S2. The summed E-state index contributed by atoms with van der Waals surface area (Å²) in [6, 6.07) is 15.9. The number of anilines is 3. The molecule has 3 aromatic rings. The maximum atomic E-state index is 11.3. The van der Waals surface area contributed by atoms with E-state index in [9.17, 15) is 8.42 Å². The van der Waals surface area contributed by atoms with Crippen molar-refractivity contribution in [1.82, 2.24) is 4.98 Å². The number of aromatic nitrogens is 1. The Morgan fingerprint density at radius 2 is 1.82 bits per heavy atom. The molecule has 0 spiro atoms. The highest BCUT2D eigenvalue weighted by atomic mass is 32.2. The SMILES string of the molecule is Nc1nc(Nc2ccc(S(N)(=O)=O)cc2)sc1C1=NC(c2ccccc2)CO1. The highest BCUT2D eigenvalue weighted by molar-refractivity contribution is 7.89. The van der Waals surface area contributed by atoms with E-state index in [0.29, 0.717) is 34.0 Å². The summed E-state index contributed by atoms with van der Waals surface area (Å²) in [4.78, 5) is 9.62. The summed E-state index contributed by atoms with van der Waals surface area (Å²) in [5.74, 6) is 0.794. The van der Waals surface area contributed by atoms with Crippen LogP contribution in [0.3, 0.4) is 0 Å². The number of hydrogen-bond donors (Lipinski definition) is 3. The van der Waals surface area contributed by atoms with Gasteiger partial charge in [0.2, 0.25) is 15.9 Å². The van der Waals surface area contributed by atoms with E-state index >= 15 is 0 Å². The van der Waals surface area contributed by atoms with Gasteiger partial charge in [0.1, 0.15) is 23.3 Å². The second-order valence-corrected chi connectivity index (χ2v) is 8.66. The van der Waals surface area contributed by atoms with Crippen molar-refractivity contribution in [3.05, 3.63) is 65.0 Å². The molecule has 0 saturated carbocycles. The average molecular weight is 416 g/mol. The first-order valence-electron chi connectivity index (χ1n) is 8.32. The standard InChI is InChI=1S/C18H17N5O3S2/c19-16-15(17-22-14(10-26-17)11-4-2-1-3-5-11)27-18(23-16)21-12-6-8-13(9-7-12)28(20,24)25/h1-9,14H,10,19H2,(H,21,23)(H2,20,24,25). The maximum Gasteiger partial charge on any atom is 0.238 e. The highest BCUT2D eigenvalue weighted by Crippen LogP contribution is 2.33. The Kier molecular flexibility index (Phi) is 4.75. The molecule has 10 heteroatoms. The Balaban J connectivity index is 1.53. The van der Waals surface area contributed by atoms with Gasteiger partial charge in [-0.1, -0.05) is 41.7 Å². The molecule has 144 valence electrons. The number of rotatable bonds is 5. The van der Waals surface area contributed by atoms with Crippen molar-refractivity contribution in [2.75, 3.05) is 17.7 Å². The number of sulfonamides is 1. The third-order valence-corrected chi connectivity index (χ3v) is 6.02. The quantitative estimate of drug-likeness (QED) is 0.587. The Bertz CT molecular complexity index is 1130. The van der Waals surface area contributed by atoms with Crippen LogP contribution in [0, 0.1) is 0 Å². The fourth-order valence-corrected chi connectivity index (χ4v) is 4.10. The van der Waals surface area contributed by atoms with Gasteiger partial charge in [-0.3, -0.25) is 0 Å². The van der Waals surface area contributed by atoms with Crippen molar-refractivity contribution in [2.24, 2.45) is 10.1 Å². The summed E-state index contributed by atoms with van der Waals surface area (Å²) in [6.07, 6.45) is 0. The first-order valence-corrected chi connectivity index (χ1v) is 10.7. The van der Waals surface area contributed by atoms with Gasteiger partial charge in [0.15, 0.2) is 5.13 Å². The number of nitrogen functional groups attached to an aromatic ring is 1. The maximum absolute atomic E-state index is 11.3. The molecule has 8 nitrogen and oxygen atoms in total. The predicted molar refractivity (Wildman–Crippen MR) is 109 cm³/mol. The Labute approximate surface area is 165 Å². The van der Waals surface area contributed by atoms with Gasteiger partial charge in [-0.05, 0) is 29.8 Å². The van der Waals surface area contributed by atoms with Crippen molar-refractivity contribution >= 4 is 43.9 Å². The van der Waals surface area contributed by atoms with E-state index in [2.05, 4.69) is 15.3 Å². The summed E-state index contributed by atoms with van der Waals surface area (Å²) >= 11 is 1.31. The molecule has 1 atom stereocenters. The normalized spacial score (nSPS) is 16.5. The first-order chi connectivity index (χ1) is 13.4. The lowest BCUT2D eigenvalue weighted by molar-refractivity contribution is 0.320. The molecular weight excluding hydrogens is 398 g/mol. The van der Waals surface area contributed by atoms with Crippen LogP contribution in [-0.4, -0.2) is 25.9 Å². The number of nitrogens with zero attached hydrogens (tertiary/aromatic N) is 2. The summed E-state index contributed by atoms with van der Waals surface area (Å²) in [6.45, 7) is 0.453. The third kappa shape index (κ3) is 3.84. The second kappa shape index (κ2) is 7.23. The van der Waals surface area contributed by atoms with Crippen LogP contribution in [0.5, 0.6) is 0 Å². The average Bonchev–Trinajstić information content (AvgIpc) is 3.29. The number of aliphatic imine (C=N–C) groups is 1. The van der Waals surface area contributed by atoms with E-state index < -0.39 is 10.0 Å². The van der Waals surface area contributed by atoms with E-state index in [1.54, 1.807) is 12.1 Å². The van der Waals surface area contributed by atoms with Gasteiger partial charge >= 0.3 is 0 Å². The molecule has 28 heavy (non-hydrogen) atoms. The van der Waals surface area contributed by atoms with E-state index in [-0.39, 0.29) is 10.9 Å². The van der Waals surface area contributed by atoms with Gasteiger partial charge in [-0.2, -0.15) is 0 Å². The van der Waals surface area contributed by atoms with Gasteiger partial charge in [-0.25, -0.2) is 23.5 Å². The Morgan fingerprint density at radius 3 is 2.50 bits per heavy atom. The highest BCUT2D eigenvalue weighted by Gasteiger charge is 2.25. The number of ether oxygens (including phenoxy) is 1. The zero-order valence-corrected chi connectivity index (χ0v) is 16.2. The molecule has 0 amide bonds. The van der Waals surface area contributed by atoms with Gasteiger partial charge in [-0.15, -0.1) is 0 Å². The Hall–Kier alpha value is -2.95. The molecule has 0 aliphatic carbocycles. The number of nitrogens with two attached hydrogens (primary N) is 2. The fraction of sp³-hybridized carbons (Fsp3) is 0.111. The zero-order chi connectivity index (χ0) is 19.7. The summed E-state index contributed by atoms with van der Waals surface area (Å²) in [5.41, 5.74) is 7.78. The van der Waals surface area contributed by atoms with Crippen LogP contribution >= 0.6 is 11.3 Å². The van der Waals surface area contributed by atoms with Crippen LogP contribution in [0.1, 0.15) is 16.5 Å². The van der Waals surface area contributed by atoms with E-state index in [1.165, 1.54) is 23.5 Å². The minimum absolute atomic E-state index is 0.0399. The largest absolute Gasteiger partial charge is 0.474 e. The minimum atomic E-state index is -3.73. The molecule has 1 aromatic heterocycles. The van der Waals surface area contributed by atoms with Gasteiger partial charge in [0.05, 0.1) is 4.90 Å². The van der Waals surface area contributed by atoms with Crippen molar-refractivity contribution in [3.63, 3.8) is 0 Å². The summed E-state index contributed by atoms with van der Waals surface area (Å²) in [7, 11) is -3.73. The minimum Gasteiger partial charge on any atom is -0.474 e. The number of thiazole rings is 1. The molecule has 0 bridgehead atoms. The summed E-state index contributed by atoms with van der Waals surface area (Å²) in [5, 5.41) is 8.74. The van der Waals surface area contributed by atoms with Crippen LogP contribution in [0.2, 0.25) is 0 Å². The molecule has 1 aliphatic rings. The lowest BCUT2D eigenvalue weighted by atomic mass is 10.1. The fourth-order valence-electron chi connectivity index (χ4n) is 2.73. The second-order valence-electron chi connectivity index (χ2n) is 6.10. The molecule has 0 saturated heterocycles. The predicted octanol–water partition coefficient (Wildman–Crippen LogP) is 2.63. The monoisotopic (exact) mass is 415 g/mol. The topological polar surface area (TPSA) is 133 Å². The number of benzene rings is 2. The van der Waals surface area contributed by atoms with Gasteiger partial charge in [0.25, 0.3) is 0 Å². The van der Waals surface area contributed by atoms with Crippen molar-refractivity contribution in [1.29, 1.82) is 0 Å². The van der Waals surface area contributed by atoms with Crippen molar-refractivity contribution < 1.29 is 13.2 Å². The lowest BCUT2D eigenvalue weighted by Gasteiger charge is -2.03. The van der Waals surface area contributed by atoms with Gasteiger partial charge in [0, 0.05) is 5.69 Å². The third-order valence-electron chi connectivity index (χ3n) is 4.12. The van der Waals surface area contributed by atoms with Gasteiger partial charge < -0.3 is 15.8 Å². The molecule has 0 fully saturated rings. The van der Waals surface area contributed by atoms with Crippen LogP contribution in [0.4, 0.5) is 16.6 Å². The Morgan fingerprint density at radius 1 is 1.11 bits per heavy atom. The lowest BCUT2D eigenvalue weighted by Crippen LogP contribution is -2.11. The van der Waals surface area contributed by atoms with Crippen LogP contribution in [0.25, 0.3) is 0 Å². The number of hydrogen-bond acceptors (Lipinski definition) is 8. The van der Waals surface area contributed by atoms with Crippen LogP contribution in [0.15, 0.2) is 64.5 Å². The molecule has 2 heterocycles. The molecule has 0 radical (unpaired) electrons. The molecule has 5 N–H and O–H groups in total. The number of primary sulfonamides is 1. The smallest absolute Gasteiger partial charge is 0.238 e. The molecule has 2 aromatic carbocycles. The van der Waals surface area contributed by atoms with Crippen molar-refractivity contribution in [3.8, 4) is 0 Å². The zero-order valence-electron chi connectivity index (χ0n) is 14.6. The van der Waals surface area contributed by atoms with Crippen LogP contribution < -0.4 is 16.2 Å². The van der Waals surface area contributed by atoms with Crippen LogP contribution in [-0.2, 0) is 14.8 Å². The first kappa shape index (κ1) is 18.4. The molecule has 1 aliphatic heterocycles. The molecule has 4 rings (SSSR count). The van der Waals surface area contributed by atoms with E-state index in [0.717, 1.165) is 5.56 Å². The van der Waals surface area contributed by atoms with E-state index in [1.807, 2.05) is 30.3 Å². The summed E-state index contributed by atoms with van der Waals surface area (Å²) < 4.78 is 28.4.